The van der Waals surface area contributed by atoms with Crippen LogP contribution in [0.3, 0.4) is 0 Å². The fourth-order valence-corrected chi connectivity index (χ4v) is 4.10. The molecule has 0 saturated heterocycles. The van der Waals surface area contributed by atoms with E-state index < -0.39 is 0 Å². The zero-order valence-corrected chi connectivity index (χ0v) is 19.9. The van der Waals surface area contributed by atoms with Crippen LogP contribution in [0.1, 0.15) is 135 Å². The molecule has 0 heterocycles. The fourth-order valence-electron chi connectivity index (χ4n) is 4.10. The van der Waals surface area contributed by atoms with Gasteiger partial charge in [-0.1, -0.05) is 110 Å². The summed E-state index contributed by atoms with van der Waals surface area (Å²) in [6.07, 6.45) is 27.3. The Hall–Kier alpha value is -0.410. The van der Waals surface area contributed by atoms with Crippen molar-refractivity contribution >= 4 is 6.29 Å². The van der Waals surface area contributed by atoms with E-state index in [1.165, 1.54) is 116 Å². The Kier molecular flexibility index (Phi) is 25.3. The highest BCUT2D eigenvalue weighted by Crippen LogP contribution is 2.13. The third-order valence-electron chi connectivity index (χ3n) is 6.04. The molecule has 3 heteroatoms. The minimum Gasteiger partial charge on any atom is -0.395 e. The number of nitrogens with zero attached hydrogens (tertiary/aromatic N) is 1. The predicted molar refractivity (Wildman–Crippen MR) is 128 cm³/mol. The van der Waals surface area contributed by atoms with Crippen LogP contribution in [0.25, 0.3) is 0 Å². The van der Waals surface area contributed by atoms with Crippen molar-refractivity contribution in [3.8, 4) is 0 Å². The molecular formula is C26H53NO2. The van der Waals surface area contributed by atoms with Crippen LogP contribution < -0.4 is 0 Å². The maximum absolute atomic E-state index is 10.3. The van der Waals surface area contributed by atoms with E-state index >= 15 is 0 Å². The summed E-state index contributed by atoms with van der Waals surface area (Å²) in [6.45, 7) is 5.64. The van der Waals surface area contributed by atoms with Gasteiger partial charge in [-0.05, 0) is 32.4 Å². The Morgan fingerprint density at radius 3 is 1.31 bits per heavy atom. The van der Waals surface area contributed by atoms with Gasteiger partial charge in [0.05, 0.1) is 6.61 Å². The van der Waals surface area contributed by atoms with Crippen LogP contribution in [0, 0.1) is 0 Å². The predicted octanol–water partition coefficient (Wildman–Crippen LogP) is 7.30. The van der Waals surface area contributed by atoms with E-state index in [0.717, 1.165) is 38.8 Å². The van der Waals surface area contributed by atoms with E-state index in [9.17, 15) is 9.90 Å². The van der Waals surface area contributed by atoms with E-state index in [4.69, 9.17) is 0 Å². The normalized spacial score (nSPS) is 11.4. The van der Waals surface area contributed by atoms with Crippen LogP contribution in [0.4, 0.5) is 0 Å². The molecule has 0 rings (SSSR count). The summed E-state index contributed by atoms with van der Waals surface area (Å²) >= 11 is 0. The van der Waals surface area contributed by atoms with Gasteiger partial charge in [0.15, 0.2) is 0 Å². The Balaban J connectivity index is 3.36. The number of aldehydes is 1. The molecule has 0 saturated carbocycles. The lowest BCUT2D eigenvalue weighted by molar-refractivity contribution is -0.107. The standard InChI is InChI=1S/C26H53NO2/c1-2-3-4-5-6-7-8-9-10-11-12-13-16-19-22-27(24-26-29)23-20-17-14-15-18-21-25-28/h25,29H,2-24,26H2,1H3. The molecule has 0 aliphatic carbocycles. The molecule has 0 spiro atoms. The van der Waals surface area contributed by atoms with Crippen LogP contribution in [0.2, 0.25) is 0 Å². The number of rotatable bonds is 25. The average Bonchev–Trinajstić information content (AvgIpc) is 2.73. The Morgan fingerprint density at radius 1 is 0.552 bits per heavy atom. The summed E-state index contributed by atoms with van der Waals surface area (Å²) < 4.78 is 0. The Bertz CT molecular complexity index is 309. The highest BCUT2D eigenvalue weighted by molar-refractivity contribution is 5.48. The second-order valence-electron chi connectivity index (χ2n) is 8.88. The number of aliphatic hydroxyl groups is 1. The van der Waals surface area contributed by atoms with Crippen molar-refractivity contribution in [3.05, 3.63) is 0 Å². The number of hydrogen-bond acceptors (Lipinski definition) is 3. The van der Waals surface area contributed by atoms with E-state index in [0.29, 0.717) is 0 Å². The highest BCUT2D eigenvalue weighted by Gasteiger charge is 2.04. The largest absolute Gasteiger partial charge is 0.395 e. The van der Waals surface area contributed by atoms with E-state index in [2.05, 4.69) is 11.8 Å². The lowest BCUT2D eigenvalue weighted by Crippen LogP contribution is -2.29. The molecule has 0 fully saturated rings. The molecular weight excluding hydrogens is 358 g/mol. The van der Waals surface area contributed by atoms with E-state index in [1.807, 2.05) is 0 Å². The summed E-state index contributed by atoms with van der Waals surface area (Å²) in [5, 5.41) is 9.28. The summed E-state index contributed by atoms with van der Waals surface area (Å²) in [4.78, 5) is 12.7. The fraction of sp³-hybridized carbons (Fsp3) is 0.962. The van der Waals surface area contributed by atoms with Crippen LogP contribution >= 0.6 is 0 Å². The Morgan fingerprint density at radius 2 is 0.931 bits per heavy atom. The minimum absolute atomic E-state index is 0.276. The monoisotopic (exact) mass is 411 g/mol. The maximum atomic E-state index is 10.3. The summed E-state index contributed by atoms with van der Waals surface area (Å²) in [7, 11) is 0. The molecule has 1 N–H and O–H groups in total. The molecule has 0 aromatic heterocycles. The summed E-state index contributed by atoms with van der Waals surface area (Å²) in [6, 6.07) is 0. The Labute approximate surface area is 183 Å². The molecule has 29 heavy (non-hydrogen) atoms. The second kappa shape index (κ2) is 25.6. The number of unbranched alkanes of at least 4 members (excludes halogenated alkanes) is 18. The molecule has 0 amide bonds. The van der Waals surface area contributed by atoms with E-state index in [1.54, 1.807) is 0 Å². The molecule has 0 atom stereocenters. The second-order valence-corrected chi connectivity index (χ2v) is 8.88. The van der Waals surface area contributed by atoms with Crippen molar-refractivity contribution in [2.24, 2.45) is 0 Å². The van der Waals surface area contributed by atoms with Gasteiger partial charge in [0, 0.05) is 13.0 Å². The number of aliphatic hydroxyl groups excluding tert-OH is 1. The van der Waals surface area contributed by atoms with Crippen molar-refractivity contribution < 1.29 is 9.90 Å². The zero-order chi connectivity index (χ0) is 21.3. The van der Waals surface area contributed by atoms with Gasteiger partial charge in [0.2, 0.25) is 0 Å². The van der Waals surface area contributed by atoms with Crippen LogP contribution in [-0.2, 0) is 4.79 Å². The van der Waals surface area contributed by atoms with Crippen molar-refractivity contribution in [1.82, 2.24) is 4.90 Å². The number of carbonyl (C=O) groups excluding carboxylic acids is 1. The lowest BCUT2D eigenvalue weighted by Gasteiger charge is -2.21. The van der Waals surface area contributed by atoms with Gasteiger partial charge in [-0.2, -0.15) is 0 Å². The van der Waals surface area contributed by atoms with Gasteiger partial charge < -0.3 is 14.8 Å². The number of carbonyl (C=O) groups is 1. The first-order valence-electron chi connectivity index (χ1n) is 13.1. The highest BCUT2D eigenvalue weighted by atomic mass is 16.3. The van der Waals surface area contributed by atoms with Gasteiger partial charge in [0.25, 0.3) is 0 Å². The van der Waals surface area contributed by atoms with Gasteiger partial charge in [0.1, 0.15) is 6.29 Å². The van der Waals surface area contributed by atoms with Crippen LogP contribution in [0.5, 0.6) is 0 Å². The van der Waals surface area contributed by atoms with Gasteiger partial charge >= 0.3 is 0 Å². The minimum atomic E-state index is 0.276. The van der Waals surface area contributed by atoms with E-state index in [-0.39, 0.29) is 6.61 Å². The topological polar surface area (TPSA) is 40.5 Å². The first-order chi connectivity index (χ1) is 14.3. The molecule has 0 aromatic rings. The molecule has 0 unspecified atom stereocenters. The van der Waals surface area contributed by atoms with Crippen LogP contribution in [0.15, 0.2) is 0 Å². The molecule has 0 aromatic carbocycles. The quantitative estimate of drug-likeness (QED) is 0.126. The van der Waals surface area contributed by atoms with Crippen molar-refractivity contribution in [2.45, 2.75) is 135 Å². The zero-order valence-electron chi connectivity index (χ0n) is 19.9. The summed E-state index contributed by atoms with van der Waals surface area (Å²) in [5.74, 6) is 0. The molecule has 0 aliphatic heterocycles. The maximum Gasteiger partial charge on any atom is 0.119 e. The molecule has 174 valence electrons. The first kappa shape index (κ1) is 28.6. The summed E-state index contributed by atoms with van der Waals surface area (Å²) in [5.41, 5.74) is 0. The smallest absolute Gasteiger partial charge is 0.119 e. The number of hydrogen-bond donors (Lipinski definition) is 1. The first-order valence-corrected chi connectivity index (χ1v) is 13.1. The van der Waals surface area contributed by atoms with Gasteiger partial charge in [-0.3, -0.25) is 0 Å². The van der Waals surface area contributed by atoms with Crippen molar-refractivity contribution in [3.63, 3.8) is 0 Å². The third kappa shape index (κ3) is 23.7. The molecule has 0 aliphatic rings. The van der Waals surface area contributed by atoms with Crippen LogP contribution in [-0.4, -0.2) is 42.5 Å². The molecule has 3 nitrogen and oxygen atoms in total. The average molecular weight is 412 g/mol. The lowest BCUT2D eigenvalue weighted by atomic mass is 10.0. The van der Waals surface area contributed by atoms with Crippen molar-refractivity contribution in [1.29, 1.82) is 0 Å². The SMILES string of the molecule is CCCCCCCCCCCCCCCCN(CCO)CCCCCCCC=O. The molecule has 0 radical (unpaired) electrons. The third-order valence-corrected chi connectivity index (χ3v) is 6.04. The van der Waals surface area contributed by atoms with Gasteiger partial charge in [-0.15, -0.1) is 0 Å². The van der Waals surface area contributed by atoms with Gasteiger partial charge in [-0.25, -0.2) is 0 Å². The molecule has 0 bridgehead atoms. The van der Waals surface area contributed by atoms with Crippen molar-refractivity contribution in [2.75, 3.05) is 26.2 Å².